The third kappa shape index (κ3) is 4.52. The van der Waals surface area contributed by atoms with E-state index < -0.39 is 0 Å². The molecule has 1 saturated carbocycles. The summed E-state index contributed by atoms with van der Waals surface area (Å²) in [4.78, 5) is 18.1. The Bertz CT molecular complexity index is 431. The van der Waals surface area contributed by atoms with Crippen LogP contribution in [0.4, 0.5) is 5.82 Å². The molecule has 1 aliphatic rings. The van der Waals surface area contributed by atoms with Crippen LogP contribution < -0.4 is 10.6 Å². The monoisotopic (exact) mass is 262 g/mol. The highest BCUT2D eigenvalue weighted by Gasteiger charge is 2.23. The maximum Gasteiger partial charge on any atom is 0.234 e. The van der Waals surface area contributed by atoms with Crippen molar-refractivity contribution in [1.29, 1.82) is 0 Å². The first-order valence-electron chi connectivity index (χ1n) is 6.84. The predicted octanol–water partition coefficient (Wildman–Crippen LogP) is 1.22. The van der Waals surface area contributed by atoms with E-state index >= 15 is 0 Å². The van der Waals surface area contributed by atoms with Gasteiger partial charge in [0.25, 0.3) is 0 Å². The van der Waals surface area contributed by atoms with Crippen molar-refractivity contribution in [2.75, 3.05) is 25.5 Å². The first-order chi connectivity index (χ1) is 9.19. The van der Waals surface area contributed by atoms with E-state index in [2.05, 4.69) is 15.6 Å². The second-order valence-electron chi connectivity index (χ2n) is 5.06. The maximum atomic E-state index is 11.7. The zero-order chi connectivity index (χ0) is 13.7. The molecule has 5 nitrogen and oxygen atoms in total. The number of carbonyl (C=O) groups excluding carboxylic acids is 1. The van der Waals surface area contributed by atoms with Crippen LogP contribution in [-0.4, -0.2) is 42.0 Å². The van der Waals surface area contributed by atoms with Gasteiger partial charge in [-0.25, -0.2) is 4.98 Å². The lowest BCUT2D eigenvalue weighted by atomic mass is 10.2. The Hall–Kier alpha value is -1.62. The fourth-order valence-electron chi connectivity index (χ4n) is 1.99. The topological polar surface area (TPSA) is 57.3 Å². The van der Waals surface area contributed by atoms with Crippen molar-refractivity contribution in [1.82, 2.24) is 15.2 Å². The van der Waals surface area contributed by atoms with Crippen LogP contribution in [-0.2, 0) is 11.3 Å². The van der Waals surface area contributed by atoms with E-state index in [4.69, 9.17) is 0 Å². The molecule has 2 N–H and O–H groups in total. The second-order valence-corrected chi connectivity index (χ2v) is 5.06. The number of likely N-dealkylation sites (N-methyl/N-ethyl adjacent to an activating group) is 1. The number of amides is 1. The fraction of sp³-hybridized carbons (Fsp3) is 0.571. The summed E-state index contributed by atoms with van der Waals surface area (Å²) < 4.78 is 0. The minimum absolute atomic E-state index is 0.110. The molecule has 0 unspecified atom stereocenters. The summed E-state index contributed by atoms with van der Waals surface area (Å²) in [5.41, 5.74) is 1.12. The number of nitrogens with zero attached hydrogens (tertiary/aromatic N) is 2. The zero-order valence-electron chi connectivity index (χ0n) is 11.6. The molecule has 5 heteroatoms. The highest BCUT2D eigenvalue weighted by Crippen LogP contribution is 2.18. The molecular formula is C14H22N4O. The Kier molecular flexibility index (Phi) is 4.74. The van der Waals surface area contributed by atoms with E-state index in [1.54, 1.807) is 6.20 Å². The molecule has 1 fully saturated rings. The molecule has 0 saturated heterocycles. The Balaban J connectivity index is 1.86. The molecular weight excluding hydrogens is 240 g/mol. The minimum Gasteiger partial charge on any atom is -0.370 e. The number of rotatable bonds is 7. The summed E-state index contributed by atoms with van der Waals surface area (Å²) in [6, 6.07) is 4.39. The standard InChI is InChI=1S/C14H22N4O/c1-3-15-14-11(5-4-8-16-14)9-18(2)10-13(19)17-12-6-7-12/h4-5,8,12H,3,6-7,9-10H2,1-2H3,(H,15,16)(H,17,19). The fourth-order valence-corrected chi connectivity index (χ4v) is 1.99. The van der Waals surface area contributed by atoms with Gasteiger partial charge in [0.05, 0.1) is 6.54 Å². The number of pyridine rings is 1. The van der Waals surface area contributed by atoms with Gasteiger partial charge >= 0.3 is 0 Å². The molecule has 0 aromatic carbocycles. The molecule has 2 rings (SSSR count). The summed E-state index contributed by atoms with van der Waals surface area (Å²) in [5.74, 6) is 1.01. The smallest absolute Gasteiger partial charge is 0.234 e. The molecule has 0 atom stereocenters. The number of anilines is 1. The van der Waals surface area contributed by atoms with Crippen molar-refractivity contribution in [3.63, 3.8) is 0 Å². The van der Waals surface area contributed by atoms with Gasteiger partial charge in [-0.3, -0.25) is 9.69 Å². The van der Waals surface area contributed by atoms with E-state index in [1.807, 2.05) is 31.0 Å². The number of carbonyl (C=O) groups is 1. The molecule has 1 amide bonds. The van der Waals surface area contributed by atoms with Crippen molar-refractivity contribution in [3.05, 3.63) is 23.9 Å². The number of nitrogens with one attached hydrogen (secondary N) is 2. The summed E-state index contributed by atoms with van der Waals surface area (Å²) in [6.07, 6.45) is 4.03. The highest BCUT2D eigenvalue weighted by atomic mass is 16.2. The van der Waals surface area contributed by atoms with E-state index in [-0.39, 0.29) is 5.91 Å². The van der Waals surface area contributed by atoms with Crippen LogP contribution in [0.2, 0.25) is 0 Å². The van der Waals surface area contributed by atoms with Crippen molar-refractivity contribution in [2.24, 2.45) is 0 Å². The first-order valence-corrected chi connectivity index (χ1v) is 6.84. The number of hydrogen-bond donors (Lipinski definition) is 2. The third-order valence-electron chi connectivity index (χ3n) is 3.03. The minimum atomic E-state index is 0.110. The Morgan fingerprint density at radius 2 is 2.32 bits per heavy atom. The first kappa shape index (κ1) is 13.8. The SMILES string of the molecule is CCNc1ncccc1CN(C)CC(=O)NC1CC1. The van der Waals surface area contributed by atoms with E-state index in [9.17, 15) is 4.79 Å². The lowest BCUT2D eigenvalue weighted by Crippen LogP contribution is -2.36. The number of aromatic nitrogens is 1. The zero-order valence-corrected chi connectivity index (χ0v) is 11.6. The van der Waals surface area contributed by atoms with Gasteiger partial charge < -0.3 is 10.6 Å². The predicted molar refractivity (Wildman–Crippen MR) is 75.9 cm³/mol. The highest BCUT2D eigenvalue weighted by molar-refractivity contribution is 5.78. The van der Waals surface area contributed by atoms with E-state index in [0.717, 1.165) is 30.8 Å². The third-order valence-corrected chi connectivity index (χ3v) is 3.03. The molecule has 1 aromatic heterocycles. The van der Waals surface area contributed by atoms with Gasteiger partial charge in [-0.15, -0.1) is 0 Å². The summed E-state index contributed by atoms with van der Waals surface area (Å²) in [6.45, 7) is 4.03. The quantitative estimate of drug-likeness (QED) is 0.776. The van der Waals surface area contributed by atoms with Crippen LogP contribution in [0.5, 0.6) is 0 Å². The summed E-state index contributed by atoms with van der Waals surface area (Å²) in [7, 11) is 1.95. The molecule has 104 valence electrons. The Morgan fingerprint density at radius 1 is 1.53 bits per heavy atom. The van der Waals surface area contributed by atoms with Gasteiger partial charge in [0, 0.05) is 30.9 Å². The van der Waals surface area contributed by atoms with Crippen LogP contribution in [0.25, 0.3) is 0 Å². The Labute approximate surface area is 114 Å². The lowest BCUT2D eigenvalue weighted by molar-refractivity contribution is -0.122. The van der Waals surface area contributed by atoms with Crippen molar-refractivity contribution in [3.8, 4) is 0 Å². The van der Waals surface area contributed by atoms with Gasteiger partial charge in [-0.2, -0.15) is 0 Å². The van der Waals surface area contributed by atoms with E-state index in [0.29, 0.717) is 19.1 Å². The van der Waals surface area contributed by atoms with Crippen LogP contribution >= 0.6 is 0 Å². The second kappa shape index (κ2) is 6.52. The van der Waals surface area contributed by atoms with Gasteiger partial charge in [0.15, 0.2) is 0 Å². The summed E-state index contributed by atoms with van der Waals surface area (Å²) >= 11 is 0. The van der Waals surface area contributed by atoms with Crippen LogP contribution in [0.3, 0.4) is 0 Å². The van der Waals surface area contributed by atoms with Gasteiger partial charge in [-0.1, -0.05) is 6.07 Å². The Morgan fingerprint density at radius 3 is 3.00 bits per heavy atom. The normalized spacial score (nSPS) is 14.5. The summed E-state index contributed by atoms with van der Waals surface area (Å²) in [5, 5.41) is 6.24. The van der Waals surface area contributed by atoms with Crippen molar-refractivity contribution in [2.45, 2.75) is 32.4 Å². The van der Waals surface area contributed by atoms with Crippen LogP contribution in [0, 0.1) is 0 Å². The molecule has 0 radical (unpaired) electrons. The molecule has 19 heavy (non-hydrogen) atoms. The molecule has 1 aliphatic carbocycles. The van der Waals surface area contributed by atoms with Crippen molar-refractivity contribution >= 4 is 11.7 Å². The molecule has 0 spiro atoms. The lowest BCUT2D eigenvalue weighted by Gasteiger charge is -2.18. The largest absolute Gasteiger partial charge is 0.370 e. The molecule has 0 bridgehead atoms. The maximum absolute atomic E-state index is 11.7. The average molecular weight is 262 g/mol. The van der Waals surface area contributed by atoms with Crippen LogP contribution in [0.1, 0.15) is 25.3 Å². The molecule has 0 aliphatic heterocycles. The average Bonchev–Trinajstić information content (AvgIpc) is 3.15. The molecule has 1 aromatic rings. The van der Waals surface area contributed by atoms with Gasteiger partial charge in [-0.05, 0) is 32.9 Å². The van der Waals surface area contributed by atoms with Gasteiger partial charge in [0.1, 0.15) is 5.82 Å². The van der Waals surface area contributed by atoms with E-state index in [1.165, 1.54) is 0 Å². The number of hydrogen-bond acceptors (Lipinski definition) is 4. The van der Waals surface area contributed by atoms with Crippen LogP contribution in [0.15, 0.2) is 18.3 Å². The van der Waals surface area contributed by atoms with Gasteiger partial charge in [0.2, 0.25) is 5.91 Å². The molecule has 1 heterocycles. The van der Waals surface area contributed by atoms with Crippen molar-refractivity contribution < 1.29 is 4.79 Å².